The number of nitrogens with zero attached hydrogens (tertiary/aromatic N) is 1. The third-order valence-corrected chi connectivity index (χ3v) is 4.35. The van der Waals surface area contributed by atoms with Crippen LogP contribution in [-0.4, -0.2) is 56.2 Å². The Morgan fingerprint density at radius 1 is 1.19 bits per heavy atom. The second-order valence-corrected chi connectivity index (χ2v) is 6.29. The van der Waals surface area contributed by atoms with Crippen LogP contribution in [0.25, 0.3) is 0 Å². The quantitative estimate of drug-likeness (QED) is 0.763. The molecular weight excluding hydrogens is 338 g/mol. The summed E-state index contributed by atoms with van der Waals surface area (Å²) in [6.07, 6.45) is 0. The molecule has 1 atom stereocenters. The van der Waals surface area contributed by atoms with Crippen LogP contribution in [0.1, 0.15) is 25.5 Å². The van der Waals surface area contributed by atoms with Crippen molar-refractivity contribution in [2.45, 2.75) is 19.9 Å². The van der Waals surface area contributed by atoms with E-state index in [9.17, 15) is 14.7 Å². The third-order valence-electron chi connectivity index (χ3n) is 4.35. The standard InChI is InChI=1S/C19H25NO6/c1-11(2)17(21)15-16(20(8-9-24-3)19(23)18(15)22)12-6-7-13(25-4)14(10-12)26-5/h6-7,10-11,16,22H,8-9H2,1-5H3. The number of aliphatic hydroxyl groups excluding tert-OH is 1. The van der Waals surface area contributed by atoms with Gasteiger partial charge in [-0.05, 0) is 17.7 Å². The summed E-state index contributed by atoms with van der Waals surface area (Å²) in [7, 11) is 4.57. The molecule has 7 nitrogen and oxygen atoms in total. The van der Waals surface area contributed by atoms with Crippen molar-refractivity contribution in [3.63, 3.8) is 0 Å². The number of ether oxygens (including phenoxy) is 3. The fraction of sp³-hybridized carbons (Fsp3) is 0.474. The van der Waals surface area contributed by atoms with Gasteiger partial charge in [-0.15, -0.1) is 0 Å². The number of benzene rings is 1. The van der Waals surface area contributed by atoms with Crippen molar-refractivity contribution in [1.82, 2.24) is 4.90 Å². The molecule has 0 bridgehead atoms. The van der Waals surface area contributed by atoms with Gasteiger partial charge in [0.25, 0.3) is 5.91 Å². The van der Waals surface area contributed by atoms with Crippen molar-refractivity contribution >= 4 is 11.7 Å². The summed E-state index contributed by atoms with van der Waals surface area (Å²) in [5.74, 6) is -0.688. The molecule has 1 aliphatic rings. The lowest BCUT2D eigenvalue weighted by molar-refractivity contribution is -0.130. The van der Waals surface area contributed by atoms with Crippen LogP contribution < -0.4 is 9.47 Å². The summed E-state index contributed by atoms with van der Waals surface area (Å²) < 4.78 is 15.7. The largest absolute Gasteiger partial charge is 0.503 e. The molecule has 1 aromatic rings. The van der Waals surface area contributed by atoms with Gasteiger partial charge in [-0.1, -0.05) is 19.9 Å². The molecular formula is C19H25NO6. The number of amides is 1. The monoisotopic (exact) mass is 363 g/mol. The number of Topliss-reactive ketones (excluding diaryl/α,β-unsaturated/α-hetero) is 1. The number of carbonyl (C=O) groups excluding carboxylic acids is 2. The minimum absolute atomic E-state index is 0.105. The average Bonchev–Trinajstić information content (AvgIpc) is 2.89. The van der Waals surface area contributed by atoms with Crippen LogP contribution in [0.3, 0.4) is 0 Å². The molecule has 1 heterocycles. The van der Waals surface area contributed by atoms with Gasteiger partial charge in [0.2, 0.25) is 0 Å². The predicted octanol–water partition coefficient (Wildman–Crippen LogP) is 2.27. The minimum atomic E-state index is -0.702. The third kappa shape index (κ3) is 3.53. The molecule has 1 aliphatic heterocycles. The SMILES string of the molecule is COCCN1C(=O)C(O)=C(C(=O)C(C)C)C1c1ccc(OC)c(OC)c1. The molecule has 1 aromatic carbocycles. The minimum Gasteiger partial charge on any atom is -0.503 e. The molecule has 2 rings (SSSR count). The van der Waals surface area contributed by atoms with Crippen molar-refractivity contribution in [1.29, 1.82) is 0 Å². The first-order chi connectivity index (χ1) is 12.4. The molecule has 0 radical (unpaired) electrons. The van der Waals surface area contributed by atoms with E-state index < -0.39 is 17.7 Å². The molecule has 0 fully saturated rings. The van der Waals surface area contributed by atoms with E-state index in [2.05, 4.69) is 0 Å². The van der Waals surface area contributed by atoms with Gasteiger partial charge in [0, 0.05) is 19.6 Å². The van der Waals surface area contributed by atoms with Gasteiger partial charge in [0.1, 0.15) is 0 Å². The Morgan fingerprint density at radius 3 is 2.38 bits per heavy atom. The van der Waals surface area contributed by atoms with Crippen LogP contribution >= 0.6 is 0 Å². The van der Waals surface area contributed by atoms with E-state index in [1.807, 2.05) is 0 Å². The van der Waals surface area contributed by atoms with E-state index in [1.165, 1.54) is 26.2 Å². The Labute approximate surface area is 153 Å². The summed E-state index contributed by atoms with van der Waals surface area (Å²) in [4.78, 5) is 26.7. The maximum atomic E-state index is 12.7. The topological polar surface area (TPSA) is 85.3 Å². The Morgan fingerprint density at radius 2 is 1.85 bits per heavy atom. The first-order valence-electron chi connectivity index (χ1n) is 8.36. The Hall–Kier alpha value is -2.54. The summed E-state index contributed by atoms with van der Waals surface area (Å²) in [6, 6.07) is 4.47. The van der Waals surface area contributed by atoms with Gasteiger partial charge in [-0.25, -0.2) is 0 Å². The van der Waals surface area contributed by atoms with Crippen LogP contribution in [0.2, 0.25) is 0 Å². The van der Waals surface area contributed by atoms with Crippen molar-refractivity contribution < 1.29 is 28.9 Å². The molecule has 0 aliphatic carbocycles. The molecule has 0 saturated carbocycles. The molecule has 0 saturated heterocycles. The molecule has 7 heteroatoms. The average molecular weight is 363 g/mol. The van der Waals surface area contributed by atoms with E-state index in [1.54, 1.807) is 32.0 Å². The van der Waals surface area contributed by atoms with Gasteiger partial charge < -0.3 is 24.2 Å². The van der Waals surface area contributed by atoms with Gasteiger partial charge in [0.05, 0.1) is 32.4 Å². The van der Waals surface area contributed by atoms with Crippen molar-refractivity contribution in [2.24, 2.45) is 5.92 Å². The van der Waals surface area contributed by atoms with Gasteiger partial charge >= 0.3 is 0 Å². The van der Waals surface area contributed by atoms with Crippen LogP contribution in [0, 0.1) is 5.92 Å². The smallest absolute Gasteiger partial charge is 0.290 e. The zero-order chi connectivity index (χ0) is 19.4. The normalized spacial score (nSPS) is 17.2. The van der Waals surface area contributed by atoms with Crippen LogP contribution in [0.15, 0.2) is 29.5 Å². The van der Waals surface area contributed by atoms with Crippen LogP contribution in [-0.2, 0) is 14.3 Å². The first-order valence-corrected chi connectivity index (χ1v) is 8.36. The van der Waals surface area contributed by atoms with Gasteiger partial charge in [-0.2, -0.15) is 0 Å². The van der Waals surface area contributed by atoms with Crippen molar-refractivity contribution in [3.05, 3.63) is 35.1 Å². The number of carbonyl (C=O) groups is 2. The van der Waals surface area contributed by atoms with Crippen molar-refractivity contribution in [3.8, 4) is 11.5 Å². The highest BCUT2D eigenvalue weighted by Gasteiger charge is 2.43. The second-order valence-electron chi connectivity index (χ2n) is 6.29. The fourth-order valence-corrected chi connectivity index (χ4v) is 3.01. The number of methoxy groups -OCH3 is 3. The lowest BCUT2D eigenvalue weighted by Crippen LogP contribution is -2.34. The van der Waals surface area contributed by atoms with Crippen molar-refractivity contribution in [2.75, 3.05) is 34.5 Å². The number of rotatable bonds is 8. The number of hydrogen-bond donors (Lipinski definition) is 1. The lowest BCUT2D eigenvalue weighted by Gasteiger charge is -2.27. The fourth-order valence-electron chi connectivity index (χ4n) is 3.01. The molecule has 1 N–H and O–H groups in total. The Bertz CT molecular complexity index is 725. The van der Waals surface area contributed by atoms with Gasteiger partial charge in [0.15, 0.2) is 23.0 Å². The number of hydrogen-bond acceptors (Lipinski definition) is 6. The summed E-state index contributed by atoms with van der Waals surface area (Å²) in [5, 5.41) is 10.4. The van der Waals surface area contributed by atoms with Crippen LogP contribution in [0.5, 0.6) is 11.5 Å². The zero-order valence-corrected chi connectivity index (χ0v) is 15.7. The van der Waals surface area contributed by atoms with E-state index in [-0.39, 0.29) is 30.4 Å². The Balaban J connectivity index is 2.57. The molecule has 0 aromatic heterocycles. The second kappa shape index (κ2) is 8.23. The highest BCUT2D eigenvalue weighted by Crippen LogP contribution is 2.41. The predicted molar refractivity (Wildman–Crippen MR) is 95.4 cm³/mol. The molecule has 26 heavy (non-hydrogen) atoms. The molecule has 0 spiro atoms. The number of aliphatic hydroxyl groups is 1. The van der Waals surface area contributed by atoms with E-state index in [0.29, 0.717) is 17.1 Å². The maximum Gasteiger partial charge on any atom is 0.290 e. The Kier molecular flexibility index (Phi) is 6.26. The zero-order valence-electron chi connectivity index (χ0n) is 15.7. The maximum absolute atomic E-state index is 12.7. The molecule has 1 unspecified atom stereocenters. The molecule has 1 amide bonds. The van der Waals surface area contributed by atoms with Crippen LogP contribution in [0.4, 0.5) is 0 Å². The number of ketones is 1. The summed E-state index contributed by atoms with van der Waals surface area (Å²) >= 11 is 0. The first kappa shape index (κ1) is 19.8. The van der Waals surface area contributed by atoms with E-state index in [4.69, 9.17) is 14.2 Å². The van der Waals surface area contributed by atoms with E-state index >= 15 is 0 Å². The van der Waals surface area contributed by atoms with Gasteiger partial charge in [-0.3, -0.25) is 9.59 Å². The highest BCUT2D eigenvalue weighted by atomic mass is 16.5. The van der Waals surface area contributed by atoms with E-state index in [0.717, 1.165) is 0 Å². The lowest BCUT2D eigenvalue weighted by atomic mass is 9.91. The highest BCUT2D eigenvalue weighted by molar-refractivity contribution is 6.09. The molecule has 142 valence electrons. The summed E-state index contributed by atoms with van der Waals surface area (Å²) in [6.45, 7) is 3.99. The summed E-state index contributed by atoms with van der Waals surface area (Å²) in [5.41, 5.74) is 0.758.